The number of hydrogen-bond acceptors (Lipinski definition) is 3. The van der Waals surface area contributed by atoms with E-state index in [0.717, 1.165) is 28.2 Å². The van der Waals surface area contributed by atoms with Crippen LogP contribution in [0, 0.1) is 20.8 Å². The van der Waals surface area contributed by atoms with E-state index in [1.165, 1.54) is 0 Å². The molecule has 1 N–H and O–H groups in total. The van der Waals surface area contributed by atoms with Crippen LogP contribution in [0.2, 0.25) is 10.2 Å². The molecule has 0 atom stereocenters. The van der Waals surface area contributed by atoms with Crippen LogP contribution in [0.4, 0.5) is 0 Å². The number of aromatic amines is 1. The number of nitrogens with zero attached hydrogens (tertiary/aromatic N) is 2. The highest BCUT2D eigenvalue weighted by Gasteiger charge is 2.17. The van der Waals surface area contributed by atoms with Gasteiger partial charge in [-0.05, 0) is 26.8 Å². The van der Waals surface area contributed by atoms with Gasteiger partial charge in [-0.25, -0.2) is 9.97 Å². The second-order valence-electron chi connectivity index (χ2n) is 4.43. The molecule has 0 fully saturated rings. The van der Waals surface area contributed by atoms with Gasteiger partial charge < -0.3 is 9.40 Å². The van der Waals surface area contributed by atoms with Gasteiger partial charge in [0.05, 0.1) is 16.1 Å². The van der Waals surface area contributed by atoms with E-state index < -0.39 is 0 Å². The van der Waals surface area contributed by atoms with Crippen molar-refractivity contribution in [3.63, 3.8) is 0 Å². The van der Waals surface area contributed by atoms with Crippen molar-refractivity contribution >= 4 is 34.4 Å². The number of imidazole rings is 1. The average Bonchev–Trinajstić information content (AvgIpc) is 2.82. The van der Waals surface area contributed by atoms with E-state index in [2.05, 4.69) is 15.0 Å². The van der Waals surface area contributed by atoms with E-state index >= 15 is 0 Å². The average molecular weight is 296 g/mol. The maximum absolute atomic E-state index is 5.95. The summed E-state index contributed by atoms with van der Waals surface area (Å²) in [6, 6.07) is 1.72. The summed E-state index contributed by atoms with van der Waals surface area (Å²) in [5.74, 6) is 2.43. The highest BCUT2D eigenvalue weighted by atomic mass is 35.5. The summed E-state index contributed by atoms with van der Waals surface area (Å²) in [7, 11) is 0. The van der Waals surface area contributed by atoms with Crippen molar-refractivity contribution in [2.24, 2.45) is 0 Å². The van der Waals surface area contributed by atoms with Crippen molar-refractivity contribution in [3.05, 3.63) is 33.3 Å². The van der Waals surface area contributed by atoms with Crippen molar-refractivity contribution in [3.8, 4) is 11.4 Å². The molecule has 0 unspecified atom stereocenters. The molecule has 0 amide bonds. The lowest BCUT2D eigenvalue weighted by Crippen LogP contribution is -1.84. The zero-order valence-corrected chi connectivity index (χ0v) is 12.1. The lowest BCUT2D eigenvalue weighted by atomic mass is 10.1. The van der Waals surface area contributed by atoms with Gasteiger partial charge in [-0.1, -0.05) is 23.2 Å². The Hall–Kier alpha value is -1.52. The Morgan fingerprint density at radius 3 is 2.47 bits per heavy atom. The van der Waals surface area contributed by atoms with Crippen LogP contribution in [-0.4, -0.2) is 15.0 Å². The van der Waals surface area contributed by atoms with E-state index in [-0.39, 0.29) is 5.15 Å². The van der Waals surface area contributed by atoms with Gasteiger partial charge in [0.1, 0.15) is 22.5 Å². The summed E-state index contributed by atoms with van der Waals surface area (Å²) in [4.78, 5) is 11.8. The first-order valence-electron chi connectivity index (χ1n) is 5.76. The molecular formula is C13H11Cl2N3O. The molecule has 0 spiro atoms. The number of furan rings is 1. The van der Waals surface area contributed by atoms with Crippen LogP contribution in [0.15, 0.2) is 10.5 Å². The molecule has 0 aliphatic carbocycles. The van der Waals surface area contributed by atoms with E-state index in [1.54, 1.807) is 6.07 Å². The topological polar surface area (TPSA) is 54.7 Å². The number of fused-ring (bicyclic) bond motifs is 1. The Labute approximate surface area is 119 Å². The maximum Gasteiger partial charge on any atom is 0.179 e. The molecule has 3 aromatic heterocycles. The van der Waals surface area contributed by atoms with Crippen molar-refractivity contribution < 1.29 is 4.42 Å². The molecule has 3 rings (SSSR count). The fraction of sp³-hybridized carbons (Fsp3) is 0.231. The van der Waals surface area contributed by atoms with Crippen LogP contribution < -0.4 is 0 Å². The van der Waals surface area contributed by atoms with E-state index in [9.17, 15) is 0 Å². The first-order chi connectivity index (χ1) is 8.97. The van der Waals surface area contributed by atoms with Gasteiger partial charge >= 0.3 is 0 Å². The second-order valence-corrected chi connectivity index (χ2v) is 5.20. The third-order valence-electron chi connectivity index (χ3n) is 3.18. The molecule has 0 saturated carbocycles. The Morgan fingerprint density at radius 1 is 1.11 bits per heavy atom. The second kappa shape index (κ2) is 4.25. The molecule has 6 heteroatoms. The van der Waals surface area contributed by atoms with Crippen LogP contribution in [0.25, 0.3) is 22.6 Å². The molecule has 0 saturated heterocycles. The van der Waals surface area contributed by atoms with Crippen LogP contribution >= 0.6 is 23.2 Å². The first kappa shape index (κ1) is 12.5. The minimum absolute atomic E-state index is 0.254. The molecule has 98 valence electrons. The van der Waals surface area contributed by atoms with Crippen molar-refractivity contribution in [2.75, 3.05) is 0 Å². The molecule has 4 nitrogen and oxygen atoms in total. The molecule has 0 radical (unpaired) electrons. The molecule has 3 heterocycles. The van der Waals surface area contributed by atoms with Crippen molar-refractivity contribution in [1.82, 2.24) is 15.0 Å². The predicted octanol–water partition coefficient (Wildman–Crippen LogP) is 4.45. The van der Waals surface area contributed by atoms with E-state index in [4.69, 9.17) is 27.6 Å². The Kier molecular flexibility index (Phi) is 2.80. The van der Waals surface area contributed by atoms with Crippen molar-refractivity contribution in [1.29, 1.82) is 0 Å². The van der Waals surface area contributed by atoms with Gasteiger partial charge in [-0.15, -0.1) is 0 Å². The van der Waals surface area contributed by atoms with Crippen LogP contribution in [0.5, 0.6) is 0 Å². The summed E-state index contributed by atoms with van der Waals surface area (Å²) in [5, 5.41) is 0.658. The number of aromatic nitrogens is 3. The van der Waals surface area contributed by atoms with Gasteiger partial charge in [0.2, 0.25) is 0 Å². The fourth-order valence-electron chi connectivity index (χ4n) is 2.16. The third-order valence-corrected chi connectivity index (χ3v) is 3.85. The molecule has 3 aromatic rings. The van der Waals surface area contributed by atoms with E-state index in [0.29, 0.717) is 16.5 Å². The molecule has 19 heavy (non-hydrogen) atoms. The lowest BCUT2D eigenvalue weighted by molar-refractivity contribution is 0.503. The summed E-state index contributed by atoms with van der Waals surface area (Å²) >= 11 is 11.8. The maximum atomic E-state index is 5.95. The minimum atomic E-state index is 0.254. The SMILES string of the molecule is Cc1oc(C)c(-c2nc3nc(Cl)c(Cl)cc3[nH]2)c1C. The molecule has 0 aliphatic rings. The smallest absolute Gasteiger partial charge is 0.179 e. The standard InChI is InChI=1S/C13H11Cl2N3O/c1-5-6(2)19-7(3)10(5)13-16-9-4-8(14)11(15)17-12(9)18-13/h4H,1-3H3,(H,16,17,18). The van der Waals surface area contributed by atoms with Gasteiger partial charge in [0, 0.05) is 5.56 Å². The summed E-state index contributed by atoms with van der Waals surface area (Å²) in [5.41, 5.74) is 3.32. The number of rotatable bonds is 1. The normalized spacial score (nSPS) is 11.4. The predicted molar refractivity (Wildman–Crippen MR) is 75.8 cm³/mol. The first-order valence-corrected chi connectivity index (χ1v) is 6.51. The molecule has 0 aliphatic heterocycles. The van der Waals surface area contributed by atoms with Crippen molar-refractivity contribution in [2.45, 2.75) is 20.8 Å². The van der Waals surface area contributed by atoms with Crippen LogP contribution in [0.3, 0.4) is 0 Å². The fourth-order valence-corrected chi connectivity index (χ4v) is 2.44. The third kappa shape index (κ3) is 1.91. The van der Waals surface area contributed by atoms with Gasteiger partial charge in [-0.3, -0.25) is 0 Å². The lowest BCUT2D eigenvalue weighted by Gasteiger charge is -1.94. The number of halogens is 2. The van der Waals surface area contributed by atoms with Gasteiger partial charge in [0.15, 0.2) is 5.65 Å². The van der Waals surface area contributed by atoms with Crippen LogP contribution in [-0.2, 0) is 0 Å². The van der Waals surface area contributed by atoms with Gasteiger partial charge in [-0.2, -0.15) is 0 Å². The number of aryl methyl sites for hydroxylation is 2. The van der Waals surface area contributed by atoms with Gasteiger partial charge in [0.25, 0.3) is 0 Å². The summed E-state index contributed by atoms with van der Waals surface area (Å²) in [6.45, 7) is 5.85. The molecule has 0 aromatic carbocycles. The van der Waals surface area contributed by atoms with Crippen LogP contribution in [0.1, 0.15) is 17.1 Å². The highest BCUT2D eigenvalue weighted by Crippen LogP contribution is 2.31. The minimum Gasteiger partial charge on any atom is -0.466 e. The number of hydrogen-bond donors (Lipinski definition) is 1. The quantitative estimate of drug-likeness (QED) is 0.675. The zero-order valence-electron chi connectivity index (χ0n) is 10.6. The number of pyridine rings is 1. The zero-order chi connectivity index (χ0) is 13.7. The monoisotopic (exact) mass is 295 g/mol. The molecule has 0 bridgehead atoms. The largest absolute Gasteiger partial charge is 0.466 e. The van der Waals surface area contributed by atoms with E-state index in [1.807, 2.05) is 20.8 Å². The molecular weight excluding hydrogens is 285 g/mol. The number of nitrogens with one attached hydrogen (secondary N) is 1. The Balaban J connectivity index is 2.26. The highest BCUT2D eigenvalue weighted by molar-refractivity contribution is 6.41. The summed E-state index contributed by atoms with van der Waals surface area (Å²) < 4.78 is 5.61. The Bertz CT molecular complexity index is 750. The Morgan fingerprint density at radius 2 is 1.84 bits per heavy atom. The number of H-pyrrole nitrogens is 1. The summed E-state index contributed by atoms with van der Waals surface area (Å²) in [6.07, 6.45) is 0.